The third kappa shape index (κ3) is 3.39. The molecule has 0 aliphatic rings. The van der Waals surface area contributed by atoms with Crippen molar-refractivity contribution in [3.8, 4) is 11.8 Å². The van der Waals surface area contributed by atoms with E-state index in [2.05, 4.69) is 9.72 Å². The van der Waals surface area contributed by atoms with Gasteiger partial charge < -0.3 is 9.72 Å². The topological polar surface area (TPSA) is 65.9 Å². The third-order valence-electron chi connectivity index (χ3n) is 1.84. The van der Waals surface area contributed by atoms with Crippen LogP contribution in [0.4, 0.5) is 13.2 Å². The second-order valence-electron chi connectivity index (χ2n) is 2.97. The fourth-order valence-corrected chi connectivity index (χ4v) is 1.43. The average molecular weight is 267 g/mol. The molecule has 0 radical (unpaired) electrons. The van der Waals surface area contributed by atoms with Gasteiger partial charge in [-0.15, -0.1) is 24.8 Å². The highest BCUT2D eigenvalue weighted by molar-refractivity contribution is 6.17. The highest BCUT2D eigenvalue weighted by Crippen LogP contribution is 2.29. The van der Waals surface area contributed by atoms with E-state index in [4.69, 9.17) is 16.9 Å². The highest BCUT2D eigenvalue weighted by Gasteiger charge is 2.33. The number of halogens is 4. The summed E-state index contributed by atoms with van der Waals surface area (Å²) in [5.41, 5.74) is -1.20. The van der Waals surface area contributed by atoms with Crippen LogP contribution in [0.25, 0.3) is 0 Å². The quantitative estimate of drug-likeness (QED) is 0.852. The van der Waals surface area contributed by atoms with Crippen LogP contribution in [0, 0.1) is 11.3 Å². The third-order valence-corrected chi connectivity index (χ3v) is 2.11. The summed E-state index contributed by atoms with van der Waals surface area (Å²) < 4.78 is 40.2. The minimum absolute atomic E-state index is 0.0694. The van der Waals surface area contributed by atoms with E-state index in [1.54, 1.807) is 6.07 Å². The molecule has 0 saturated carbocycles. The summed E-state index contributed by atoms with van der Waals surface area (Å²) in [6.45, 7) is 0. The van der Waals surface area contributed by atoms with Gasteiger partial charge in [0.1, 0.15) is 5.75 Å². The molecule has 1 N–H and O–H groups in total. The summed E-state index contributed by atoms with van der Waals surface area (Å²) >= 11 is 5.39. The van der Waals surface area contributed by atoms with E-state index in [9.17, 15) is 18.0 Å². The van der Waals surface area contributed by atoms with Crippen molar-refractivity contribution in [2.45, 2.75) is 18.7 Å². The van der Waals surface area contributed by atoms with Gasteiger partial charge in [-0.1, -0.05) is 0 Å². The van der Waals surface area contributed by atoms with Crippen LogP contribution in [0.15, 0.2) is 11.0 Å². The molecule has 0 aromatic carbocycles. The average Bonchev–Trinajstić information content (AvgIpc) is 2.21. The Bertz CT molecular complexity index is 504. The summed E-state index contributed by atoms with van der Waals surface area (Å²) in [5, 5.41) is 8.46. The van der Waals surface area contributed by atoms with Gasteiger partial charge in [-0.25, -0.2) is 0 Å². The van der Waals surface area contributed by atoms with E-state index < -0.39 is 23.6 Å². The normalized spacial score (nSPS) is 11.0. The smallest absolute Gasteiger partial charge is 0.405 e. The van der Waals surface area contributed by atoms with Crippen LogP contribution in [0.5, 0.6) is 5.75 Å². The van der Waals surface area contributed by atoms with Gasteiger partial charge >= 0.3 is 6.36 Å². The molecule has 1 aromatic rings. The zero-order valence-corrected chi connectivity index (χ0v) is 9.02. The summed E-state index contributed by atoms with van der Waals surface area (Å²) in [4.78, 5) is 13.4. The Kier molecular flexibility index (Phi) is 4.02. The van der Waals surface area contributed by atoms with E-state index in [1.807, 2.05) is 0 Å². The largest absolute Gasteiger partial charge is 0.573 e. The number of hydrogen-bond acceptors (Lipinski definition) is 3. The van der Waals surface area contributed by atoms with Gasteiger partial charge in [-0.05, 0) is 0 Å². The Morgan fingerprint density at radius 2 is 2.18 bits per heavy atom. The van der Waals surface area contributed by atoms with Crippen molar-refractivity contribution < 1.29 is 17.9 Å². The monoisotopic (exact) mass is 266 g/mol. The zero-order chi connectivity index (χ0) is 13.1. The van der Waals surface area contributed by atoms with E-state index in [0.29, 0.717) is 0 Å². The standard InChI is InChI=1S/C9H6ClF3N2O2/c10-3-6-7(17-9(11,12)13)5(1-2-14)4-15-8(6)16/h4H,1,3H2,(H,15,16). The lowest BCUT2D eigenvalue weighted by molar-refractivity contribution is -0.275. The molecule has 0 spiro atoms. The maximum atomic E-state index is 12.1. The van der Waals surface area contributed by atoms with Gasteiger partial charge in [0.15, 0.2) is 0 Å². The van der Waals surface area contributed by atoms with E-state index in [-0.39, 0.29) is 17.5 Å². The van der Waals surface area contributed by atoms with Gasteiger partial charge in [0.05, 0.1) is 23.9 Å². The van der Waals surface area contributed by atoms with Crippen molar-refractivity contribution in [1.29, 1.82) is 5.26 Å². The summed E-state index contributed by atoms with van der Waals surface area (Å²) in [6.07, 6.45) is -4.27. The van der Waals surface area contributed by atoms with Gasteiger partial charge in [0.25, 0.3) is 5.56 Å². The molecule has 0 atom stereocenters. The molecule has 0 amide bonds. The SMILES string of the molecule is N#CCc1c[nH]c(=O)c(CCl)c1OC(F)(F)F. The molecule has 8 heteroatoms. The number of aromatic amines is 1. The first-order valence-electron chi connectivity index (χ1n) is 4.31. The minimum Gasteiger partial charge on any atom is -0.405 e. The first kappa shape index (κ1) is 13.4. The molecular formula is C9H6ClF3N2O2. The predicted molar refractivity (Wildman–Crippen MR) is 52.6 cm³/mol. The van der Waals surface area contributed by atoms with Crippen LogP contribution in [0.3, 0.4) is 0 Å². The first-order valence-corrected chi connectivity index (χ1v) is 4.84. The van der Waals surface area contributed by atoms with Gasteiger partial charge in [-0.3, -0.25) is 4.79 Å². The van der Waals surface area contributed by atoms with Crippen molar-refractivity contribution >= 4 is 11.6 Å². The Balaban J connectivity index is 3.34. The van der Waals surface area contributed by atoms with Crippen molar-refractivity contribution in [1.82, 2.24) is 4.98 Å². The number of nitrogens with one attached hydrogen (secondary N) is 1. The molecule has 0 bridgehead atoms. The lowest BCUT2D eigenvalue weighted by Crippen LogP contribution is -2.23. The fourth-order valence-electron chi connectivity index (χ4n) is 1.18. The summed E-state index contributed by atoms with van der Waals surface area (Å²) in [6, 6.07) is 1.67. The van der Waals surface area contributed by atoms with Crippen molar-refractivity contribution in [2.24, 2.45) is 0 Å². The molecule has 1 heterocycles. The van der Waals surface area contributed by atoms with Crippen LogP contribution in [0.2, 0.25) is 0 Å². The molecule has 1 aromatic heterocycles. The number of rotatable bonds is 3. The number of aromatic nitrogens is 1. The summed E-state index contributed by atoms with van der Waals surface area (Å²) in [5.74, 6) is -1.14. The number of pyridine rings is 1. The first-order chi connectivity index (χ1) is 7.89. The van der Waals surface area contributed by atoms with E-state index in [0.717, 1.165) is 6.20 Å². The molecule has 0 saturated heterocycles. The van der Waals surface area contributed by atoms with E-state index in [1.165, 1.54) is 0 Å². The van der Waals surface area contributed by atoms with Crippen LogP contribution < -0.4 is 10.3 Å². The zero-order valence-electron chi connectivity index (χ0n) is 8.27. The molecule has 17 heavy (non-hydrogen) atoms. The van der Waals surface area contributed by atoms with Crippen LogP contribution in [-0.4, -0.2) is 11.3 Å². The van der Waals surface area contributed by atoms with Crippen molar-refractivity contribution in [2.75, 3.05) is 0 Å². The van der Waals surface area contributed by atoms with Crippen LogP contribution in [0.1, 0.15) is 11.1 Å². The number of ether oxygens (including phenoxy) is 1. The maximum Gasteiger partial charge on any atom is 0.573 e. The fraction of sp³-hybridized carbons (Fsp3) is 0.333. The molecule has 92 valence electrons. The van der Waals surface area contributed by atoms with Crippen molar-refractivity contribution in [3.63, 3.8) is 0 Å². The Hall–Kier alpha value is -1.68. The second-order valence-corrected chi connectivity index (χ2v) is 3.23. The Morgan fingerprint density at radius 3 is 2.65 bits per heavy atom. The number of hydrogen-bond donors (Lipinski definition) is 1. The lowest BCUT2D eigenvalue weighted by Gasteiger charge is -2.14. The molecule has 4 nitrogen and oxygen atoms in total. The minimum atomic E-state index is -4.95. The molecule has 1 rings (SSSR count). The maximum absolute atomic E-state index is 12.1. The van der Waals surface area contributed by atoms with Crippen LogP contribution in [-0.2, 0) is 12.3 Å². The molecule has 0 unspecified atom stereocenters. The number of H-pyrrole nitrogens is 1. The predicted octanol–water partition coefficient (Wildman–Crippen LogP) is 2.08. The molecule has 0 fully saturated rings. The molecule has 0 aliphatic heterocycles. The van der Waals surface area contributed by atoms with Gasteiger partial charge in [-0.2, -0.15) is 5.26 Å². The van der Waals surface area contributed by atoms with E-state index >= 15 is 0 Å². The Labute approximate surface area is 98.6 Å². The number of nitriles is 1. The Morgan fingerprint density at radius 1 is 1.53 bits per heavy atom. The highest BCUT2D eigenvalue weighted by atomic mass is 35.5. The van der Waals surface area contributed by atoms with Gasteiger partial charge in [0, 0.05) is 11.8 Å². The number of nitrogens with zero attached hydrogens (tertiary/aromatic N) is 1. The summed E-state index contributed by atoms with van der Waals surface area (Å²) in [7, 11) is 0. The second kappa shape index (κ2) is 5.10. The lowest BCUT2D eigenvalue weighted by atomic mass is 10.1. The molecule has 0 aliphatic carbocycles. The van der Waals surface area contributed by atoms with Crippen LogP contribution >= 0.6 is 11.6 Å². The number of alkyl halides is 4. The van der Waals surface area contributed by atoms with Crippen molar-refractivity contribution in [3.05, 3.63) is 27.7 Å². The molecular weight excluding hydrogens is 261 g/mol. The van der Waals surface area contributed by atoms with Gasteiger partial charge in [0.2, 0.25) is 0 Å².